The standard InChI is InChI=1S/C17H36N6O.HI/c1-6-18-16(20-14-15(24)21-17(3,4)5)19-8-9-23-12-10-22(7-2)11-13-23;/h6-14H2,1-5H3,(H,21,24)(H2,18,19,20);1H. The van der Waals surface area contributed by atoms with Crippen LogP contribution < -0.4 is 16.0 Å². The van der Waals surface area contributed by atoms with E-state index in [1.54, 1.807) is 0 Å². The van der Waals surface area contributed by atoms with Crippen LogP contribution >= 0.6 is 24.0 Å². The lowest BCUT2D eigenvalue weighted by molar-refractivity contribution is -0.121. The molecule has 0 bridgehead atoms. The van der Waals surface area contributed by atoms with E-state index in [1.807, 2.05) is 27.7 Å². The van der Waals surface area contributed by atoms with E-state index in [0.717, 1.165) is 52.4 Å². The molecule has 0 aromatic carbocycles. The van der Waals surface area contributed by atoms with Gasteiger partial charge in [-0.2, -0.15) is 0 Å². The Balaban J connectivity index is 0.00000576. The molecule has 1 amide bonds. The van der Waals surface area contributed by atoms with E-state index in [9.17, 15) is 4.79 Å². The van der Waals surface area contributed by atoms with Crippen molar-refractivity contribution >= 4 is 35.8 Å². The van der Waals surface area contributed by atoms with Gasteiger partial charge in [0.1, 0.15) is 6.54 Å². The largest absolute Gasteiger partial charge is 0.357 e. The zero-order valence-corrected chi connectivity index (χ0v) is 18.9. The lowest BCUT2D eigenvalue weighted by atomic mass is 10.1. The molecule has 7 nitrogen and oxygen atoms in total. The Labute approximate surface area is 170 Å². The molecule has 0 atom stereocenters. The van der Waals surface area contributed by atoms with Crippen LogP contribution in [0.25, 0.3) is 0 Å². The first kappa shape index (κ1) is 24.4. The van der Waals surface area contributed by atoms with Crippen LogP contribution in [-0.4, -0.2) is 86.1 Å². The fraction of sp³-hybridized carbons (Fsp3) is 0.882. The third kappa shape index (κ3) is 11.6. The summed E-state index contributed by atoms with van der Waals surface area (Å²) in [5, 5.41) is 9.42. The average molecular weight is 468 g/mol. The van der Waals surface area contributed by atoms with Crippen molar-refractivity contribution in [3.63, 3.8) is 0 Å². The van der Waals surface area contributed by atoms with Crippen molar-refractivity contribution in [3.8, 4) is 0 Å². The molecule has 1 heterocycles. The Hall–Kier alpha value is -0.610. The van der Waals surface area contributed by atoms with Gasteiger partial charge in [-0.15, -0.1) is 24.0 Å². The number of likely N-dealkylation sites (N-methyl/N-ethyl adjacent to an activating group) is 1. The Morgan fingerprint density at radius 1 is 1.04 bits per heavy atom. The van der Waals surface area contributed by atoms with Crippen LogP contribution in [0.15, 0.2) is 4.99 Å². The van der Waals surface area contributed by atoms with Gasteiger partial charge >= 0.3 is 0 Å². The van der Waals surface area contributed by atoms with Gasteiger partial charge in [0.05, 0.1) is 0 Å². The maximum absolute atomic E-state index is 11.9. The predicted molar refractivity (Wildman–Crippen MR) is 116 cm³/mol. The number of hydrogen-bond donors (Lipinski definition) is 3. The quantitative estimate of drug-likeness (QED) is 0.292. The minimum Gasteiger partial charge on any atom is -0.357 e. The molecule has 0 unspecified atom stereocenters. The van der Waals surface area contributed by atoms with Crippen LogP contribution in [0, 0.1) is 0 Å². The summed E-state index contributed by atoms with van der Waals surface area (Å²) in [5.74, 6) is 0.643. The van der Waals surface area contributed by atoms with Crippen LogP contribution in [0.5, 0.6) is 0 Å². The predicted octanol–water partition coefficient (Wildman–Crippen LogP) is 0.712. The van der Waals surface area contributed by atoms with Crippen LogP contribution in [0.1, 0.15) is 34.6 Å². The highest BCUT2D eigenvalue weighted by Gasteiger charge is 2.15. The van der Waals surface area contributed by atoms with Crippen molar-refractivity contribution in [2.45, 2.75) is 40.2 Å². The van der Waals surface area contributed by atoms with Crippen molar-refractivity contribution in [1.29, 1.82) is 0 Å². The van der Waals surface area contributed by atoms with Gasteiger partial charge in [0.25, 0.3) is 0 Å². The van der Waals surface area contributed by atoms with E-state index in [2.05, 4.69) is 37.7 Å². The van der Waals surface area contributed by atoms with Gasteiger partial charge in [-0.3, -0.25) is 9.69 Å². The van der Waals surface area contributed by atoms with Crippen molar-refractivity contribution < 1.29 is 4.79 Å². The number of piperazine rings is 1. The number of carbonyl (C=O) groups is 1. The molecule has 25 heavy (non-hydrogen) atoms. The molecule has 3 N–H and O–H groups in total. The SMILES string of the molecule is CCNC(=NCC(=O)NC(C)(C)C)NCCN1CCN(CC)CC1.I. The monoisotopic (exact) mass is 468 g/mol. The summed E-state index contributed by atoms with van der Waals surface area (Å²) in [6.45, 7) is 18.6. The number of halogens is 1. The maximum atomic E-state index is 11.9. The number of aliphatic imine (C=N–C) groups is 1. The second-order valence-corrected chi connectivity index (χ2v) is 7.20. The summed E-state index contributed by atoms with van der Waals surface area (Å²) in [5.41, 5.74) is -0.223. The molecular formula is C17H37IN6O. The number of nitrogens with zero attached hydrogens (tertiary/aromatic N) is 3. The van der Waals surface area contributed by atoms with Crippen LogP contribution in [0.2, 0.25) is 0 Å². The highest BCUT2D eigenvalue weighted by Crippen LogP contribution is 2.00. The molecule has 0 spiro atoms. The molecule has 1 saturated heterocycles. The van der Waals surface area contributed by atoms with Crippen molar-refractivity contribution in [3.05, 3.63) is 0 Å². The summed E-state index contributed by atoms with van der Waals surface area (Å²) in [6, 6.07) is 0. The minimum atomic E-state index is -0.223. The second kappa shape index (κ2) is 12.7. The molecule has 1 fully saturated rings. The summed E-state index contributed by atoms with van der Waals surface area (Å²) in [4.78, 5) is 21.2. The third-order valence-corrected chi connectivity index (χ3v) is 3.87. The molecule has 8 heteroatoms. The first-order chi connectivity index (χ1) is 11.3. The summed E-state index contributed by atoms with van der Waals surface area (Å²) in [6.07, 6.45) is 0. The average Bonchev–Trinajstić information content (AvgIpc) is 2.51. The number of carbonyl (C=O) groups excluding carboxylic acids is 1. The first-order valence-corrected chi connectivity index (χ1v) is 9.12. The molecule has 0 saturated carbocycles. The topological polar surface area (TPSA) is 72.0 Å². The van der Waals surface area contributed by atoms with Crippen molar-refractivity contribution in [1.82, 2.24) is 25.8 Å². The lowest BCUT2D eigenvalue weighted by Gasteiger charge is -2.34. The Bertz CT molecular complexity index is 402. The van der Waals surface area contributed by atoms with E-state index in [4.69, 9.17) is 0 Å². The van der Waals surface area contributed by atoms with Gasteiger partial charge in [-0.25, -0.2) is 4.99 Å². The Morgan fingerprint density at radius 2 is 1.64 bits per heavy atom. The third-order valence-electron chi connectivity index (χ3n) is 3.87. The van der Waals surface area contributed by atoms with Crippen LogP contribution in [0.4, 0.5) is 0 Å². The Kier molecular flexibility index (Phi) is 12.4. The molecular weight excluding hydrogens is 431 g/mol. The summed E-state index contributed by atoms with van der Waals surface area (Å²) < 4.78 is 0. The van der Waals surface area contributed by atoms with E-state index in [-0.39, 0.29) is 42.0 Å². The highest BCUT2D eigenvalue weighted by molar-refractivity contribution is 14.0. The smallest absolute Gasteiger partial charge is 0.242 e. The molecule has 148 valence electrons. The summed E-state index contributed by atoms with van der Waals surface area (Å²) in [7, 11) is 0. The van der Waals surface area contributed by atoms with Crippen molar-refractivity contribution in [2.24, 2.45) is 4.99 Å². The minimum absolute atomic E-state index is 0. The van der Waals surface area contributed by atoms with E-state index in [1.165, 1.54) is 0 Å². The lowest BCUT2D eigenvalue weighted by Crippen LogP contribution is -2.49. The number of nitrogens with one attached hydrogen (secondary N) is 3. The van der Waals surface area contributed by atoms with Gasteiger partial charge < -0.3 is 20.9 Å². The fourth-order valence-electron chi connectivity index (χ4n) is 2.61. The van der Waals surface area contributed by atoms with Crippen LogP contribution in [-0.2, 0) is 4.79 Å². The normalized spacial score (nSPS) is 16.9. The van der Waals surface area contributed by atoms with Gasteiger partial charge in [-0.1, -0.05) is 6.92 Å². The van der Waals surface area contributed by atoms with Crippen LogP contribution in [0.3, 0.4) is 0 Å². The first-order valence-electron chi connectivity index (χ1n) is 9.12. The maximum Gasteiger partial charge on any atom is 0.242 e. The molecule has 1 aliphatic rings. The van der Waals surface area contributed by atoms with Gasteiger partial charge in [0.2, 0.25) is 5.91 Å². The zero-order chi connectivity index (χ0) is 18.0. The fourth-order valence-corrected chi connectivity index (χ4v) is 2.61. The van der Waals surface area contributed by atoms with Gasteiger partial charge in [0.15, 0.2) is 5.96 Å². The number of rotatable bonds is 7. The number of hydrogen-bond acceptors (Lipinski definition) is 4. The van der Waals surface area contributed by atoms with E-state index in [0.29, 0.717) is 5.96 Å². The van der Waals surface area contributed by atoms with Gasteiger partial charge in [0, 0.05) is 51.4 Å². The molecule has 1 rings (SSSR count). The number of guanidine groups is 1. The van der Waals surface area contributed by atoms with Crippen molar-refractivity contribution in [2.75, 3.05) is 58.9 Å². The number of amides is 1. The van der Waals surface area contributed by atoms with Gasteiger partial charge in [-0.05, 0) is 34.2 Å². The van der Waals surface area contributed by atoms with E-state index >= 15 is 0 Å². The highest BCUT2D eigenvalue weighted by atomic mass is 127. The van der Waals surface area contributed by atoms with E-state index < -0.39 is 0 Å². The molecule has 0 aromatic heterocycles. The molecule has 0 aromatic rings. The molecule has 1 aliphatic heterocycles. The molecule has 0 radical (unpaired) electrons. The zero-order valence-electron chi connectivity index (χ0n) is 16.5. The summed E-state index contributed by atoms with van der Waals surface area (Å²) >= 11 is 0. The Morgan fingerprint density at radius 3 is 2.16 bits per heavy atom. The molecule has 0 aliphatic carbocycles. The second-order valence-electron chi connectivity index (χ2n) is 7.20.